The van der Waals surface area contributed by atoms with Gasteiger partial charge in [-0.15, -0.1) is 11.3 Å². The molecule has 0 amide bonds. The smallest absolute Gasteiger partial charge is 0.333 e. The molecule has 1 heterocycles. The van der Waals surface area contributed by atoms with Crippen LogP contribution < -0.4 is 0 Å². The van der Waals surface area contributed by atoms with Gasteiger partial charge in [0.15, 0.2) is 6.10 Å². The van der Waals surface area contributed by atoms with Crippen LogP contribution >= 0.6 is 11.3 Å². The molecule has 0 aromatic carbocycles. The maximum absolute atomic E-state index is 10.8. The van der Waals surface area contributed by atoms with Crippen molar-refractivity contribution in [3.63, 3.8) is 0 Å². The summed E-state index contributed by atoms with van der Waals surface area (Å²) in [4.78, 5) is 16.0. The van der Waals surface area contributed by atoms with Gasteiger partial charge in [-0.05, 0) is 12.8 Å². The van der Waals surface area contributed by atoms with Crippen LogP contribution in [-0.2, 0) is 10.2 Å². The lowest BCUT2D eigenvalue weighted by molar-refractivity contribution is -0.148. The molecule has 88 valence electrons. The summed E-state index contributed by atoms with van der Waals surface area (Å²) in [5.74, 6) is -0.798. The third kappa shape index (κ3) is 1.74. The fourth-order valence-corrected chi connectivity index (χ4v) is 3.00. The Bertz CT molecular complexity index is 409. The van der Waals surface area contributed by atoms with E-state index in [0.29, 0.717) is 5.92 Å². The molecule has 0 spiro atoms. The standard InChI is InChI=1S/C11H15NO3S/c1-6(2)9-12-5-7(16-9)11(3-4-11)8(13)10(14)15/h5-6,8,13H,3-4H2,1-2H3,(H,14,15). The number of nitrogens with zero attached hydrogens (tertiary/aromatic N) is 1. The van der Waals surface area contributed by atoms with Crippen molar-refractivity contribution in [2.24, 2.45) is 0 Å². The van der Waals surface area contributed by atoms with Gasteiger partial charge in [0.05, 0.1) is 5.01 Å². The van der Waals surface area contributed by atoms with Crippen LogP contribution in [0.15, 0.2) is 6.20 Å². The van der Waals surface area contributed by atoms with E-state index in [4.69, 9.17) is 5.11 Å². The number of aliphatic hydroxyl groups excluding tert-OH is 1. The van der Waals surface area contributed by atoms with Crippen LogP contribution in [0.4, 0.5) is 0 Å². The number of carbonyl (C=O) groups is 1. The van der Waals surface area contributed by atoms with E-state index in [1.807, 2.05) is 0 Å². The van der Waals surface area contributed by atoms with Crippen LogP contribution in [0.3, 0.4) is 0 Å². The van der Waals surface area contributed by atoms with E-state index in [2.05, 4.69) is 18.8 Å². The first-order valence-corrected chi connectivity index (χ1v) is 6.16. The van der Waals surface area contributed by atoms with Gasteiger partial charge in [0, 0.05) is 22.4 Å². The van der Waals surface area contributed by atoms with Crippen LogP contribution in [0.25, 0.3) is 0 Å². The summed E-state index contributed by atoms with van der Waals surface area (Å²) in [7, 11) is 0. The molecule has 5 heteroatoms. The van der Waals surface area contributed by atoms with Gasteiger partial charge >= 0.3 is 5.97 Å². The van der Waals surface area contributed by atoms with Crippen molar-refractivity contribution in [3.05, 3.63) is 16.1 Å². The third-order valence-corrected chi connectivity index (χ3v) is 4.57. The van der Waals surface area contributed by atoms with Crippen molar-refractivity contribution in [1.29, 1.82) is 0 Å². The van der Waals surface area contributed by atoms with Crippen LogP contribution in [-0.4, -0.2) is 27.3 Å². The molecule has 0 bridgehead atoms. The minimum Gasteiger partial charge on any atom is -0.479 e. The summed E-state index contributed by atoms with van der Waals surface area (Å²) >= 11 is 1.52. The second-order valence-corrected chi connectivity index (χ2v) is 5.68. The number of aliphatic hydroxyl groups is 1. The minimum absolute atomic E-state index is 0.344. The number of carboxylic acids is 1. The second kappa shape index (κ2) is 3.82. The van der Waals surface area contributed by atoms with Gasteiger partial charge < -0.3 is 10.2 Å². The summed E-state index contributed by atoms with van der Waals surface area (Å²) in [5, 5.41) is 19.6. The number of thiazole rings is 1. The Labute approximate surface area is 98.0 Å². The lowest BCUT2D eigenvalue weighted by Crippen LogP contribution is -2.33. The van der Waals surface area contributed by atoms with Crippen molar-refractivity contribution in [2.75, 3.05) is 0 Å². The Hall–Kier alpha value is -0.940. The molecule has 1 unspecified atom stereocenters. The molecule has 2 N–H and O–H groups in total. The number of hydrogen-bond donors (Lipinski definition) is 2. The molecule has 1 atom stereocenters. The van der Waals surface area contributed by atoms with E-state index in [-0.39, 0.29) is 0 Å². The molecule has 16 heavy (non-hydrogen) atoms. The van der Waals surface area contributed by atoms with Crippen molar-refractivity contribution >= 4 is 17.3 Å². The Kier molecular flexibility index (Phi) is 2.75. The minimum atomic E-state index is -1.30. The Morgan fingerprint density at radius 3 is 2.56 bits per heavy atom. The highest BCUT2D eigenvalue weighted by Gasteiger charge is 2.54. The van der Waals surface area contributed by atoms with Crippen LogP contribution in [0.5, 0.6) is 0 Å². The fraction of sp³-hybridized carbons (Fsp3) is 0.636. The van der Waals surface area contributed by atoms with E-state index >= 15 is 0 Å². The predicted octanol–water partition coefficient (Wildman–Crippen LogP) is 1.74. The zero-order chi connectivity index (χ0) is 11.9. The lowest BCUT2D eigenvalue weighted by Gasteiger charge is -2.16. The molecule has 1 aliphatic rings. The average Bonchev–Trinajstić information content (AvgIpc) is 2.87. The van der Waals surface area contributed by atoms with Gasteiger partial charge in [-0.2, -0.15) is 0 Å². The quantitative estimate of drug-likeness (QED) is 0.842. The summed E-state index contributed by atoms with van der Waals surface area (Å²) in [6, 6.07) is 0. The SMILES string of the molecule is CC(C)c1ncc(C2(C(O)C(=O)O)CC2)s1. The lowest BCUT2D eigenvalue weighted by atomic mass is 9.98. The molecule has 1 fully saturated rings. The van der Waals surface area contributed by atoms with Crippen LogP contribution in [0, 0.1) is 0 Å². The van der Waals surface area contributed by atoms with Gasteiger partial charge in [0.25, 0.3) is 0 Å². The topological polar surface area (TPSA) is 70.4 Å². The highest BCUT2D eigenvalue weighted by Crippen LogP contribution is 2.53. The van der Waals surface area contributed by atoms with E-state index in [0.717, 1.165) is 22.7 Å². The maximum atomic E-state index is 10.8. The number of hydrogen-bond acceptors (Lipinski definition) is 4. The first-order valence-electron chi connectivity index (χ1n) is 5.34. The highest BCUT2D eigenvalue weighted by atomic mass is 32.1. The summed E-state index contributed by atoms with van der Waals surface area (Å²) in [5.41, 5.74) is -0.559. The monoisotopic (exact) mass is 241 g/mol. The highest BCUT2D eigenvalue weighted by molar-refractivity contribution is 7.11. The van der Waals surface area contributed by atoms with Crippen molar-refractivity contribution < 1.29 is 15.0 Å². The predicted molar refractivity (Wildman–Crippen MR) is 60.8 cm³/mol. The molecule has 1 aliphatic carbocycles. The Morgan fingerprint density at radius 2 is 2.19 bits per heavy atom. The van der Waals surface area contributed by atoms with Gasteiger partial charge in [-0.3, -0.25) is 0 Å². The fourth-order valence-electron chi connectivity index (χ4n) is 1.81. The Morgan fingerprint density at radius 1 is 1.56 bits per heavy atom. The molecular formula is C11H15NO3S. The summed E-state index contributed by atoms with van der Waals surface area (Å²) in [6.07, 6.45) is 1.90. The number of rotatable bonds is 4. The van der Waals surface area contributed by atoms with Crippen LogP contribution in [0.2, 0.25) is 0 Å². The van der Waals surface area contributed by atoms with Gasteiger partial charge in [-0.1, -0.05) is 13.8 Å². The molecular weight excluding hydrogens is 226 g/mol. The molecule has 4 nitrogen and oxygen atoms in total. The number of carboxylic acid groups (broad SMARTS) is 1. The van der Waals surface area contributed by atoms with Crippen molar-refractivity contribution in [3.8, 4) is 0 Å². The Balaban J connectivity index is 2.26. The first kappa shape index (κ1) is 11.5. The normalized spacial score (nSPS) is 19.8. The molecule has 1 saturated carbocycles. The summed E-state index contributed by atoms with van der Waals surface area (Å²) in [6.45, 7) is 4.10. The first-order chi connectivity index (χ1) is 7.47. The van der Waals surface area contributed by atoms with E-state index in [9.17, 15) is 9.90 Å². The van der Waals surface area contributed by atoms with Gasteiger partial charge in [0.1, 0.15) is 0 Å². The molecule has 0 radical (unpaired) electrons. The van der Waals surface area contributed by atoms with Crippen molar-refractivity contribution in [2.45, 2.75) is 44.1 Å². The van der Waals surface area contributed by atoms with Crippen LogP contribution in [0.1, 0.15) is 42.5 Å². The number of aromatic nitrogens is 1. The summed E-state index contributed by atoms with van der Waals surface area (Å²) < 4.78 is 0. The second-order valence-electron chi connectivity index (χ2n) is 4.61. The van der Waals surface area contributed by atoms with Gasteiger partial charge in [-0.25, -0.2) is 9.78 Å². The molecule has 0 aliphatic heterocycles. The number of aliphatic carboxylic acids is 1. The van der Waals surface area contributed by atoms with E-state index in [1.165, 1.54) is 11.3 Å². The molecule has 1 aromatic rings. The third-order valence-electron chi connectivity index (χ3n) is 3.05. The maximum Gasteiger partial charge on any atom is 0.333 e. The largest absolute Gasteiger partial charge is 0.479 e. The van der Waals surface area contributed by atoms with Gasteiger partial charge in [0.2, 0.25) is 0 Å². The van der Waals surface area contributed by atoms with E-state index < -0.39 is 17.5 Å². The molecule has 2 rings (SSSR count). The average molecular weight is 241 g/mol. The zero-order valence-electron chi connectivity index (χ0n) is 9.30. The van der Waals surface area contributed by atoms with E-state index in [1.54, 1.807) is 6.20 Å². The zero-order valence-corrected chi connectivity index (χ0v) is 10.1. The molecule has 1 aromatic heterocycles. The molecule has 0 saturated heterocycles. The van der Waals surface area contributed by atoms with Crippen molar-refractivity contribution in [1.82, 2.24) is 4.98 Å².